The number of nitrogens with zero attached hydrogens (tertiary/aromatic N) is 1. The molecule has 0 spiro atoms. The Labute approximate surface area is 164 Å². The predicted molar refractivity (Wildman–Crippen MR) is 109 cm³/mol. The predicted octanol–water partition coefficient (Wildman–Crippen LogP) is 4.67. The van der Waals surface area contributed by atoms with Crippen molar-refractivity contribution in [2.45, 2.75) is 31.6 Å². The van der Waals surface area contributed by atoms with Crippen molar-refractivity contribution in [1.29, 1.82) is 0 Å². The van der Waals surface area contributed by atoms with Crippen LogP contribution in [0, 0.1) is 0 Å². The van der Waals surface area contributed by atoms with Crippen LogP contribution in [0.2, 0.25) is 5.02 Å². The van der Waals surface area contributed by atoms with Crippen LogP contribution < -0.4 is 14.4 Å². The van der Waals surface area contributed by atoms with Gasteiger partial charge in [-0.05, 0) is 55.1 Å². The maximum atomic E-state index is 12.7. The Morgan fingerprint density at radius 2 is 2.12 bits per heavy atom. The number of fused-ring (bicyclic) bond motifs is 1. The number of hydrogen-bond acceptors (Lipinski definition) is 4. The van der Waals surface area contributed by atoms with E-state index in [0.29, 0.717) is 13.1 Å². The van der Waals surface area contributed by atoms with E-state index in [1.165, 1.54) is 0 Å². The van der Waals surface area contributed by atoms with Gasteiger partial charge in [0.1, 0.15) is 5.75 Å². The van der Waals surface area contributed by atoms with Gasteiger partial charge in [0.25, 0.3) is 5.91 Å². The Kier molecular flexibility index (Phi) is 5.99. The first-order chi connectivity index (χ1) is 12.5. The quantitative estimate of drug-likeness (QED) is 0.727. The van der Waals surface area contributed by atoms with Crippen molar-refractivity contribution in [2.75, 3.05) is 17.4 Å². The molecule has 3 rings (SSSR count). The van der Waals surface area contributed by atoms with Gasteiger partial charge in [0.2, 0.25) is 5.60 Å². The average molecular weight is 391 g/mol. The molecule has 2 aromatic carbocycles. The first-order valence-electron chi connectivity index (χ1n) is 8.73. The highest BCUT2D eigenvalue weighted by Crippen LogP contribution is 2.41. The summed E-state index contributed by atoms with van der Waals surface area (Å²) in [4.78, 5) is 12.7. The topological polar surface area (TPSA) is 41.6 Å². The lowest BCUT2D eigenvalue weighted by Gasteiger charge is -2.40. The second kappa shape index (κ2) is 8.23. The molecule has 0 aromatic heterocycles. The summed E-state index contributed by atoms with van der Waals surface area (Å²) in [5.41, 5.74) is 1.20. The number of nitrogens with one attached hydrogen (secondary N) is 1. The van der Waals surface area contributed by atoms with Crippen LogP contribution in [0.1, 0.15) is 25.8 Å². The van der Waals surface area contributed by atoms with Gasteiger partial charge < -0.3 is 14.4 Å². The van der Waals surface area contributed by atoms with Crippen molar-refractivity contribution in [1.82, 2.24) is 5.32 Å². The van der Waals surface area contributed by atoms with Gasteiger partial charge in [-0.1, -0.05) is 42.8 Å². The number of benzene rings is 2. The zero-order valence-electron chi connectivity index (χ0n) is 15.0. The van der Waals surface area contributed by atoms with Crippen molar-refractivity contribution in [3.05, 3.63) is 59.1 Å². The number of amides is 1. The Morgan fingerprint density at radius 3 is 2.88 bits per heavy atom. The fraction of sp³-hybridized carbons (Fsp3) is 0.350. The molecule has 6 heteroatoms. The van der Waals surface area contributed by atoms with Crippen LogP contribution >= 0.6 is 23.5 Å². The second-order valence-corrected chi connectivity index (χ2v) is 7.92. The molecule has 1 unspecified atom stereocenters. The summed E-state index contributed by atoms with van der Waals surface area (Å²) in [6.45, 7) is 5.01. The molecule has 0 bridgehead atoms. The average Bonchev–Trinajstić information content (AvgIpc) is 2.64. The number of halogens is 1. The molecule has 1 amide bonds. The molecular formula is C20H23ClN2O2S. The minimum atomic E-state index is -0.926. The van der Waals surface area contributed by atoms with Gasteiger partial charge in [-0.2, -0.15) is 0 Å². The molecule has 1 aliphatic rings. The molecule has 1 heterocycles. The molecule has 138 valence electrons. The molecule has 2 aromatic rings. The van der Waals surface area contributed by atoms with E-state index in [0.717, 1.165) is 34.2 Å². The molecule has 4 nitrogen and oxygen atoms in total. The molecule has 1 N–H and O–H groups in total. The molecule has 0 saturated heterocycles. The van der Waals surface area contributed by atoms with E-state index >= 15 is 0 Å². The van der Waals surface area contributed by atoms with Gasteiger partial charge in [0, 0.05) is 17.3 Å². The summed E-state index contributed by atoms with van der Waals surface area (Å²) in [6, 6.07) is 15.7. The Bertz CT molecular complexity index is 786. The standard InChI is InChI=1S/C20H23ClN2O2S/c1-3-11-22-19(24)20(2)14-23(17-9-4-5-10-18(17)25-20)26-13-15-7-6-8-16(21)12-15/h4-10,12H,3,11,13-14H2,1-2H3,(H,22,24). The van der Waals surface area contributed by atoms with Crippen LogP contribution in [0.4, 0.5) is 5.69 Å². The van der Waals surface area contributed by atoms with Gasteiger partial charge in [-0.3, -0.25) is 4.79 Å². The summed E-state index contributed by atoms with van der Waals surface area (Å²) in [5.74, 6) is 1.41. The highest BCUT2D eigenvalue weighted by Gasteiger charge is 2.42. The third kappa shape index (κ3) is 4.27. The van der Waals surface area contributed by atoms with Gasteiger partial charge in [-0.15, -0.1) is 0 Å². The third-order valence-electron chi connectivity index (χ3n) is 4.21. The molecule has 1 atom stereocenters. The maximum absolute atomic E-state index is 12.7. The maximum Gasteiger partial charge on any atom is 0.265 e. The highest BCUT2D eigenvalue weighted by molar-refractivity contribution is 7.99. The molecule has 0 radical (unpaired) electrons. The molecule has 26 heavy (non-hydrogen) atoms. The van der Waals surface area contributed by atoms with E-state index < -0.39 is 5.60 Å². The van der Waals surface area contributed by atoms with Crippen LogP contribution in [0.3, 0.4) is 0 Å². The Morgan fingerprint density at radius 1 is 1.31 bits per heavy atom. The van der Waals surface area contributed by atoms with Crippen LogP contribution in [-0.4, -0.2) is 24.6 Å². The van der Waals surface area contributed by atoms with Crippen molar-refractivity contribution >= 4 is 35.1 Å². The number of hydrogen-bond donors (Lipinski definition) is 1. The number of carbonyl (C=O) groups excluding carboxylic acids is 1. The van der Waals surface area contributed by atoms with Crippen LogP contribution in [0.25, 0.3) is 0 Å². The van der Waals surface area contributed by atoms with Crippen molar-refractivity contribution in [3.8, 4) is 5.75 Å². The summed E-state index contributed by atoms with van der Waals surface area (Å²) in [6.07, 6.45) is 0.894. The lowest BCUT2D eigenvalue weighted by molar-refractivity contribution is -0.135. The Hall–Kier alpha value is -1.85. The molecule has 1 aliphatic heterocycles. The minimum Gasteiger partial charge on any atom is -0.474 e. The van der Waals surface area contributed by atoms with E-state index in [2.05, 4.69) is 15.7 Å². The molecule has 0 saturated carbocycles. The van der Waals surface area contributed by atoms with Crippen LogP contribution in [-0.2, 0) is 10.5 Å². The third-order valence-corrected chi connectivity index (χ3v) is 5.54. The first kappa shape index (κ1) is 18.9. The molecule has 0 aliphatic carbocycles. The monoisotopic (exact) mass is 390 g/mol. The second-order valence-electron chi connectivity index (χ2n) is 6.50. The van der Waals surface area contributed by atoms with Gasteiger partial charge in [0.05, 0.1) is 12.2 Å². The van der Waals surface area contributed by atoms with Crippen molar-refractivity contribution in [3.63, 3.8) is 0 Å². The lowest BCUT2D eigenvalue weighted by Crippen LogP contribution is -2.57. The number of anilines is 1. The lowest BCUT2D eigenvalue weighted by atomic mass is 10.0. The largest absolute Gasteiger partial charge is 0.474 e. The van der Waals surface area contributed by atoms with E-state index in [1.54, 1.807) is 11.9 Å². The van der Waals surface area contributed by atoms with Crippen LogP contribution in [0.15, 0.2) is 48.5 Å². The van der Waals surface area contributed by atoms with E-state index in [9.17, 15) is 4.79 Å². The normalized spacial score (nSPS) is 18.8. The summed E-state index contributed by atoms with van der Waals surface area (Å²) < 4.78 is 8.24. The van der Waals surface area contributed by atoms with Gasteiger partial charge in [0.15, 0.2) is 0 Å². The van der Waals surface area contributed by atoms with Crippen molar-refractivity contribution < 1.29 is 9.53 Å². The smallest absolute Gasteiger partial charge is 0.265 e. The van der Waals surface area contributed by atoms with Crippen molar-refractivity contribution in [2.24, 2.45) is 0 Å². The van der Waals surface area contributed by atoms with Crippen LogP contribution in [0.5, 0.6) is 5.75 Å². The molecule has 0 fully saturated rings. The number of para-hydroxylation sites is 2. The number of ether oxygens (including phenoxy) is 1. The summed E-state index contributed by atoms with van der Waals surface area (Å²) in [7, 11) is 0. The Balaban J connectivity index is 1.80. The fourth-order valence-corrected chi connectivity index (χ4v) is 4.15. The van der Waals surface area contributed by atoms with E-state index in [-0.39, 0.29) is 5.91 Å². The SMILES string of the molecule is CCCNC(=O)C1(C)CN(SCc2cccc(Cl)c2)c2ccccc2O1. The summed E-state index contributed by atoms with van der Waals surface area (Å²) in [5, 5.41) is 3.69. The van der Waals surface area contributed by atoms with E-state index in [4.69, 9.17) is 16.3 Å². The number of carbonyl (C=O) groups is 1. The van der Waals surface area contributed by atoms with Gasteiger partial charge >= 0.3 is 0 Å². The highest BCUT2D eigenvalue weighted by atomic mass is 35.5. The number of rotatable bonds is 6. The minimum absolute atomic E-state index is 0.0813. The summed E-state index contributed by atoms with van der Waals surface area (Å²) >= 11 is 7.75. The zero-order valence-corrected chi connectivity index (χ0v) is 16.6. The first-order valence-corrected chi connectivity index (χ1v) is 10.0. The van der Waals surface area contributed by atoms with E-state index in [1.807, 2.05) is 56.3 Å². The van der Waals surface area contributed by atoms with Gasteiger partial charge in [-0.25, -0.2) is 0 Å². The zero-order chi connectivity index (χ0) is 18.6. The molecular weight excluding hydrogens is 368 g/mol. The fourth-order valence-electron chi connectivity index (χ4n) is 2.82.